The van der Waals surface area contributed by atoms with Gasteiger partial charge in [-0.05, 0) is 73.5 Å². The van der Waals surface area contributed by atoms with Crippen molar-refractivity contribution >= 4 is 11.6 Å². The van der Waals surface area contributed by atoms with Crippen LogP contribution in [0.1, 0.15) is 23.2 Å². The normalized spacial score (nSPS) is 15.3. The molecular weight excluding hydrogens is 394 g/mol. The molecule has 0 radical (unpaired) electrons. The molecule has 1 heterocycles. The number of amides is 1. The molecule has 1 amide bonds. The highest BCUT2D eigenvalue weighted by molar-refractivity contribution is 6.04. The Morgan fingerprint density at radius 3 is 2.35 bits per heavy atom. The number of carbonyl (C=O) groups excluding carboxylic acids is 1. The molecule has 1 fully saturated rings. The number of methoxy groups -OCH3 is 1. The largest absolute Gasteiger partial charge is 0.493 e. The molecule has 0 bridgehead atoms. The Kier molecular flexibility index (Phi) is 6.69. The van der Waals surface area contributed by atoms with Crippen molar-refractivity contribution < 1.29 is 23.7 Å². The molecule has 3 aromatic carbocycles. The standard InChI is InChI=1S/C25H25NO5/c1-28-23-6-2-3-7-24(23)31-21-14-10-19(11-15-21)26-25(27)18-8-12-20(13-9-18)30-17-22-5-4-16-29-22/h2-3,6-15,22H,4-5,16-17H2,1H3,(H,26,27). The first-order valence-corrected chi connectivity index (χ1v) is 10.3. The van der Waals surface area contributed by atoms with Crippen LogP contribution in [-0.4, -0.2) is 32.3 Å². The summed E-state index contributed by atoms with van der Waals surface area (Å²) in [7, 11) is 1.60. The number of hydrogen-bond acceptors (Lipinski definition) is 5. The first kappa shape index (κ1) is 20.8. The Morgan fingerprint density at radius 2 is 1.68 bits per heavy atom. The van der Waals surface area contributed by atoms with Crippen LogP contribution in [0.3, 0.4) is 0 Å². The second-order valence-electron chi connectivity index (χ2n) is 7.20. The van der Waals surface area contributed by atoms with Crippen LogP contribution in [0.15, 0.2) is 72.8 Å². The van der Waals surface area contributed by atoms with E-state index in [-0.39, 0.29) is 12.0 Å². The lowest BCUT2D eigenvalue weighted by Crippen LogP contribution is -2.16. The average molecular weight is 419 g/mol. The van der Waals surface area contributed by atoms with E-state index in [1.54, 1.807) is 55.6 Å². The van der Waals surface area contributed by atoms with E-state index in [0.29, 0.717) is 35.1 Å². The summed E-state index contributed by atoms with van der Waals surface area (Å²) in [5, 5.41) is 2.89. The lowest BCUT2D eigenvalue weighted by molar-refractivity contribution is 0.0679. The molecule has 1 saturated heterocycles. The van der Waals surface area contributed by atoms with Gasteiger partial charge in [-0.1, -0.05) is 12.1 Å². The van der Waals surface area contributed by atoms with Gasteiger partial charge in [0, 0.05) is 17.9 Å². The van der Waals surface area contributed by atoms with E-state index in [2.05, 4.69) is 5.32 Å². The van der Waals surface area contributed by atoms with Crippen molar-refractivity contribution in [3.05, 3.63) is 78.4 Å². The zero-order valence-electron chi connectivity index (χ0n) is 17.4. The van der Waals surface area contributed by atoms with E-state index in [4.69, 9.17) is 18.9 Å². The molecule has 1 aliphatic rings. The highest BCUT2D eigenvalue weighted by Gasteiger charge is 2.16. The van der Waals surface area contributed by atoms with Gasteiger partial charge < -0.3 is 24.3 Å². The van der Waals surface area contributed by atoms with E-state index in [0.717, 1.165) is 25.2 Å². The van der Waals surface area contributed by atoms with Crippen LogP contribution in [0, 0.1) is 0 Å². The van der Waals surface area contributed by atoms with E-state index in [1.165, 1.54) is 0 Å². The summed E-state index contributed by atoms with van der Waals surface area (Å²) in [6, 6.07) is 21.7. The maximum absolute atomic E-state index is 12.5. The van der Waals surface area contributed by atoms with Gasteiger partial charge in [0.15, 0.2) is 11.5 Å². The number of carbonyl (C=O) groups is 1. The fourth-order valence-corrected chi connectivity index (χ4v) is 3.31. The van der Waals surface area contributed by atoms with Crippen molar-refractivity contribution in [1.82, 2.24) is 0 Å². The molecule has 0 aromatic heterocycles. The zero-order chi connectivity index (χ0) is 21.5. The van der Waals surface area contributed by atoms with Crippen molar-refractivity contribution in [3.63, 3.8) is 0 Å². The molecule has 0 saturated carbocycles. The Hall–Kier alpha value is -3.51. The van der Waals surface area contributed by atoms with Crippen LogP contribution in [0.4, 0.5) is 5.69 Å². The third-order valence-corrected chi connectivity index (χ3v) is 4.99. The molecular formula is C25H25NO5. The van der Waals surface area contributed by atoms with Crippen LogP contribution in [0.2, 0.25) is 0 Å². The molecule has 160 valence electrons. The van der Waals surface area contributed by atoms with Gasteiger partial charge in [-0.15, -0.1) is 0 Å². The number of nitrogens with one attached hydrogen (secondary N) is 1. The number of hydrogen-bond donors (Lipinski definition) is 1. The second kappa shape index (κ2) is 10.00. The predicted molar refractivity (Wildman–Crippen MR) is 118 cm³/mol. The van der Waals surface area contributed by atoms with Crippen LogP contribution in [0.25, 0.3) is 0 Å². The zero-order valence-corrected chi connectivity index (χ0v) is 17.4. The molecule has 3 aromatic rings. The van der Waals surface area contributed by atoms with Gasteiger partial charge in [0.25, 0.3) is 5.91 Å². The molecule has 1 unspecified atom stereocenters. The molecule has 31 heavy (non-hydrogen) atoms. The number of benzene rings is 3. The van der Waals surface area contributed by atoms with E-state index in [1.807, 2.05) is 24.3 Å². The lowest BCUT2D eigenvalue weighted by Gasteiger charge is -2.12. The maximum Gasteiger partial charge on any atom is 0.255 e. The van der Waals surface area contributed by atoms with Gasteiger partial charge in [0.2, 0.25) is 0 Å². The fraction of sp³-hybridized carbons (Fsp3) is 0.240. The molecule has 6 heteroatoms. The number of para-hydroxylation sites is 2. The summed E-state index contributed by atoms with van der Waals surface area (Å²) < 4.78 is 22.4. The Balaban J connectivity index is 1.31. The smallest absolute Gasteiger partial charge is 0.255 e. The minimum Gasteiger partial charge on any atom is -0.493 e. The van der Waals surface area contributed by atoms with Gasteiger partial charge in [-0.3, -0.25) is 4.79 Å². The summed E-state index contributed by atoms with van der Waals surface area (Å²) in [6.07, 6.45) is 2.28. The summed E-state index contributed by atoms with van der Waals surface area (Å²) >= 11 is 0. The average Bonchev–Trinajstić information content (AvgIpc) is 3.33. The summed E-state index contributed by atoms with van der Waals surface area (Å²) in [4.78, 5) is 12.5. The topological polar surface area (TPSA) is 66.0 Å². The van der Waals surface area contributed by atoms with Crippen molar-refractivity contribution in [3.8, 4) is 23.0 Å². The van der Waals surface area contributed by atoms with Crippen LogP contribution in [-0.2, 0) is 4.74 Å². The Morgan fingerprint density at radius 1 is 0.968 bits per heavy atom. The minimum absolute atomic E-state index is 0.165. The minimum atomic E-state index is -0.191. The van der Waals surface area contributed by atoms with Gasteiger partial charge in [-0.2, -0.15) is 0 Å². The summed E-state index contributed by atoms with van der Waals surface area (Å²) in [5.74, 6) is 2.47. The first-order valence-electron chi connectivity index (χ1n) is 10.3. The molecule has 1 aliphatic heterocycles. The van der Waals surface area contributed by atoms with Crippen LogP contribution >= 0.6 is 0 Å². The van der Waals surface area contributed by atoms with Gasteiger partial charge in [-0.25, -0.2) is 0 Å². The molecule has 4 rings (SSSR count). The number of rotatable bonds is 8. The van der Waals surface area contributed by atoms with Crippen molar-refractivity contribution in [2.75, 3.05) is 25.6 Å². The fourth-order valence-electron chi connectivity index (χ4n) is 3.31. The molecule has 0 aliphatic carbocycles. The van der Waals surface area contributed by atoms with Crippen molar-refractivity contribution in [2.45, 2.75) is 18.9 Å². The third-order valence-electron chi connectivity index (χ3n) is 4.99. The van der Waals surface area contributed by atoms with Crippen LogP contribution < -0.4 is 19.5 Å². The monoisotopic (exact) mass is 419 g/mol. The molecule has 0 spiro atoms. The first-order chi connectivity index (χ1) is 15.2. The summed E-state index contributed by atoms with van der Waals surface area (Å²) in [6.45, 7) is 1.34. The second-order valence-corrected chi connectivity index (χ2v) is 7.20. The predicted octanol–water partition coefficient (Wildman–Crippen LogP) is 5.30. The van der Waals surface area contributed by atoms with E-state index < -0.39 is 0 Å². The molecule has 6 nitrogen and oxygen atoms in total. The van der Waals surface area contributed by atoms with E-state index in [9.17, 15) is 4.79 Å². The highest BCUT2D eigenvalue weighted by Crippen LogP contribution is 2.31. The quantitative estimate of drug-likeness (QED) is 0.537. The Labute approximate surface area is 181 Å². The van der Waals surface area contributed by atoms with Gasteiger partial charge >= 0.3 is 0 Å². The maximum atomic E-state index is 12.5. The van der Waals surface area contributed by atoms with Crippen molar-refractivity contribution in [1.29, 1.82) is 0 Å². The van der Waals surface area contributed by atoms with Crippen molar-refractivity contribution in [2.24, 2.45) is 0 Å². The van der Waals surface area contributed by atoms with E-state index >= 15 is 0 Å². The Bertz CT molecular complexity index is 995. The third kappa shape index (κ3) is 5.55. The lowest BCUT2D eigenvalue weighted by atomic mass is 10.2. The molecule has 1 N–H and O–H groups in total. The molecule has 1 atom stereocenters. The highest BCUT2D eigenvalue weighted by atomic mass is 16.5. The van der Waals surface area contributed by atoms with Gasteiger partial charge in [0.1, 0.15) is 18.1 Å². The number of ether oxygens (including phenoxy) is 4. The summed E-state index contributed by atoms with van der Waals surface area (Å²) in [5.41, 5.74) is 1.23. The van der Waals surface area contributed by atoms with Gasteiger partial charge in [0.05, 0.1) is 13.2 Å². The van der Waals surface area contributed by atoms with Crippen LogP contribution in [0.5, 0.6) is 23.0 Å². The number of anilines is 1. The SMILES string of the molecule is COc1ccccc1Oc1ccc(NC(=O)c2ccc(OCC3CCCO3)cc2)cc1.